The minimum absolute atomic E-state index is 0.444. The molecule has 0 saturated heterocycles. The van der Waals surface area contributed by atoms with Crippen molar-refractivity contribution in [3.63, 3.8) is 0 Å². The maximum Gasteiger partial charge on any atom is 0.218 e. The zero-order chi connectivity index (χ0) is 11.2. The molecule has 0 bridgehead atoms. The summed E-state index contributed by atoms with van der Waals surface area (Å²) in [6.07, 6.45) is 1.43. The molecule has 16 heavy (non-hydrogen) atoms. The van der Waals surface area contributed by atoms with Crippen molar-refractivity contribution >= 4 is 5.82 Å². The van der Waals surface area contributed by atoms with Crippen LogP contribution in [0.2, 0.25) is 0 Å². The molecule has 8 heteroatoms. The normalized spacial score (nSPS) is 10.1. The van der Waals surface area contributed by atoms with E-state index >= 15 is 0 Å². The Kier molecular flexibility index (Phi) is 3.22. The summed E-state index contributed by atoms with van der Waals surface area (Å²) in [5.41, 5.74) is 0. The van der Waals surface area contributed by atoms with Crippen molar-refractivity contribution in [1.82, 2.24) is 30.6 Å². The van der Waals surface area contributed by atoms with Crippen LogP contribution in [0.5, 0.6) is 5.88 Å². The Morgan fingerprint density at radius 3 is 3.12 bits per heavy atom. The van der Waals surface area contributed by atoms with Crippen LogP contribution < -0.4 is 10.1 Å². The van der Waals surface area contributed by atoms with Crippen LogP contribution in [0.25, 0.3) is 0 Å². The predicted molar refractivity (Wildman–Crippen MR) is 54.7 cm³/mol. The molecule has 0 atom stereocenters. The topological polar surface area (TPSA) is 102 Å². The molecule has 0 aromatic carbocycles. The van der Waals surface area contributed by atoms with E-state index < -0.39 is 0 Å². The second kappa shape index (κ2) is 5.01. The molecule has 0 radical (unpaired) electrons. The molecule has 0 fully saturated rings. The molecule has 2 aromatic heterocycles. The van der Waals surface area contributed by atoms with Crippen molar-refractivity contribution in [3.05, 3.63) is 18.2 Å². The molecule has 2 aromatic rings. The molecule has 0 aliphatic rings. The van der Waals surface area contributed by atoms with Crippen LogP contribution in [0.4, 0.5) is 5.82 Å². The lowest BCUT2D eigenvalue weighted by molar-refractivity contribution is 0.326. The molecule has 2 N–H and O–H groups in total. The maximum absolute atomic E-state index is 5.24. The minimum Gasteiger partial charge on any atom is -0.478 e. The Hall–Kier alpha value is -2.25. The average molecular weight is 221 g/mol. The molecule has 84 valence electrons. The van der Waals surface area contributed by atoms with Gasteiger partial charge in [-0.05, 0) is 6.92 Å². The van der Waals surface area contributed by atoms with Gasteiger partial charge in [-0.2, -0.15) is 5.21 Å². The number of aromatic amines is 1. The Morgan fingerprint density at radius 1 is 1.44 bits per heavy atom. The van der Waals surface area contributed by atoms with Crippen molar-refractivity contribution < 1.29 is 4.74 Å². The van der Waals surface area contributed by atoms with Gasteiger partial charge in [-0.25, -0.2) is 9.97 Å². The third kappa shape index (κ3) is 2.62. The molecular formula is C8H11N7O. The van der Waals surface area contributed by atoms with Gasteiger partial charge in [0.1, 0.15) is 12.1 Å². The molecule has 0 aliphatic heterocycles. The van der Waals surface area contributed by atoms with Crippen LogP contribution in [0.15, 0.2) is 12.4 Å². The molecule has 0 amide bonds. The number of nitrogens with zero attached hydrogens (tertiary/aromatic N) is 5. The fourth-order valence-electron chi connectivity index (χ4n) is 1.09. The summed E-state index contributed by atoms with van der Waals surface area (Å²) in [5, 5.41) is 16.5. The first-order valence-electron chi connectivity index (χ1n) is 4.79. The van der Waals surface area contributed by atoms with E-state index in [9.17, 15) is 0 Å². The van der Waals surface area contributed by atoms with Crippen molar-refractivity contribution in [3.8, 4) is 5.88 Å². The molecule has 8 nitrogen and oxygen atoms in total. The Morgan fingerprint density at radius 2 is 2.38 bits per heavy atom. The Labute approximate surface area is 91.5 Å². The molecule has 0 aliphatic carbocycles. The number of hydrogen-bond acceptors (Lipinski definition) is 7. The first-order valence-corrected chi connectivity index (χ1v) is 4.79. The summed E-state index contributed by atoms with van der Waals surface area (Å²) < 4.78 is 5.24. The minimum atomic E-state index is 0.444. The van der Waals surface area contributed by atoms with Gasteiger partial charge in [0.15, 0.2) is 5.82 Å². The smallest absolute Gasteiger partial charge is 0.218 e. The highest BCUT2D eigenvalue weighted by molar-refractivity contribution is 5.36. The Balaban J connectivity index is 1.96. The maximum atomic E-state index is 5.24. The first kappa shape index (κ1) is 10.3. The number of nitrogens with one attached hydrogen (secondary N) is 2. The first-order chi connectivity index (χ1) is 7.88. The van der Waals surface area contributed by atoms with E-state index in [1.165, 1.54) is 6.33 Å². The number of anilines is 1. The van der Waals surface area contributed by atoms with E-state index in [1.807, 2.05) is 6.92 Å². The van der Waals surface area contributed by atoms with Gasteiger partial charge < -0.3 is 10.1 Å². The van der Waals surface area contributed by atoms with Gasteiger partial charge in [-0.15, -0.1) is 10.2 Å². The van der Waals surface area contributed by atoms with Gasteiger partial charge in [0.2, 0.25) is 5.88 Å². The number of ether oxygens (including phenoxy) is 1. The van der Waals surface area contributed by atoms with Crippen LogP contribution >= 0.6 is 0 Å². The van der Waals surface area contributed by atoms with Gasteiger partial charge in [0.05, 0.1) is 13.2 Å². The summed E-state index contributed by atoms with van der Waals surface area (Å²) >= 11 is 0. The highest BCUT2D eigenvalue weighted by Crippen LogP contribution is 2.10. The van der Waals surface area contributed by atoms with Crippen molar-refractivity contribution in [1.29, 1.82) is 0 Å². The molecule has 0 unspecified atom stereocenters. The van der Waals surface area contributed by atoms with E-state index in [-0.39, 0.29) is 0 Å². The summed E-state index contributed by atoms with van der Waals surface area (Å²) in [5.74, 6) is 1.76. The number of hydrogen-bond donors (Lipinski definition) is 2. The number of aromatic nitrogens is 6. The highest BCUT2D eigenvalue weighted by Gasteiger charge is 2.01. The monoisotopic (exact) mass is 221 g/mol. The number of H-pyrrole nitrogens is 1. The molecular weight excluding hydrogens is 210 g/mol. The summed E-state index contributed by atoms with van der Waals surface area (Å²) in [6, 6.07) is 1.71. The quantitative estimate of drug-likeness (QED) is 0.732. The summed E-state index contributed by atoms with van der Waals surface area (Å²) in [4.78, 5) is 7.98. The van der Waals surface area contributed by atoms with Crippen molar-refractivity contribution in [2.75, 3.05) is 11.9 Å². The van der Waals surface area contributed by atoms with Gasteiger partial charge in [-0.3, -0.25) is 0 Å². The van der Waals surface area contributed by atoms with Gasteiger partial charge in [0, 0.05) is 6.07 Å². The van der Waals surface area contributed by atoms with Crippen LogP contribution in [0.3, 0.4) is 0 Å². The number of rotatable bonds is 5. The van der Waals surface area contributed by atoms with Crippen LogP contribution in [-0.4, -0.2) is 37.2 Å². The standard InChI is InChI=1S/C8H11N7O/c1-2-16-8-3-6(10-5-11-8)9-4-7-12-14-15-13-7/h3,5H,2,4H2,1H3,(H,9,10,11)(H,12,13,14,15). The second-order valence-corrected chi connectivity index (χ2v) is 2.86. The molecule has 2 heterocycles. The Bertz CT molecular complexity index is 430. The van der Waals surface area contributed by atoms with Crippen LogP contribution in [0.1, 0.15) is 12.7 Å². The fourth-order valence-corrected chi connectivity index (χ4v) is 1.09. The van der Waals surface area contributed by atoms with Crippen molar-refractivity contribution in [2.24, 2.45) is 0 Å². The van der Waals surface area contributed by atoms with E-state index in [2.05, 4.69) is 35.9 Å². The van der Waals surface area contributed by atoms with Gasteiger partial charge >= 0.3 is 0 Å². The lowest BCUT2D eigenvalue weighted by Crippen LogP contribution is -2.04. The van der Waals surface area contributed by atoms with Crippen LogP contribution in [-0.2, 0) is 6.54 Å². The van der Waals surface area contributed by atoms with E-state index in [0.29, 0.717) is 30.7 Å². The fraction of sp³-hybridized carbons (Fsp3) is 0.375. The third-order valence-corrected chi connectivity index (χ3v) is 1.75. The number of tetrazole rings is 1. The third-order valence-electron chi connectivity index (χ3n) is 1.75. The average Bonchev–Trinajstić information content (AvgIpc) is 2.80. The summed E-state index contributed by atoms with van der Waals surface area (Å²) in [6.45, 7) is 2.91. The SMILES string of the molecule is CCOc1cc(NCc2nn[nH]n2)ncn1. The van der Waals surface area contributed by atoms with E-state index in [1.54, 1.807) is 6.07 Å². The van der Waals surface area contributed by atoms with Gasteiger partial charge in [0.25, 0.3) is 0 Å². The van der Waals surface area contributed by atoms with E-state index in [4.69, 9.17) is 4.74 Å². The van der Waals surface area contributed by atoms with Gasteiger partial charge in [-0.1, -0.05) is 5.21 Å². The second-order valence-electron chi connectivity index (χ2n) is 2.86. The zero-order valence-electron chi connectivity index (χ0n) is 8.71. The zero-order valence-corrected chi connectivity index (χ0v) is 8.71. The summed E-state index contributed by atoms with van der Waals surface area (Å²) in [7, 11) is 0. The molecule has 2 rings (SSSR count). The molecule has 0 spiro atoms. The molecule has 0 saturated carbocycles. The highest BCUT2D eigenvalue weighted by atomic mass is 16.5. The van der Waals surface area contributed by atoms with E-state index in [0.717, 1.165) is 0 Å². The predicted octanol–water partition coefficient (Wildman–Crippen LogP) is 0.000500. The largest absolute Gasteiger partial charge is 0.478 e. The lowest BCUT2D eigenvalue weighted by atomic mass is 10.5. The lowest BCUT2D eigenvalue weighted by Gasteiger charge is -2.04. The van der Waals surface area contributed by atoms with Crippen molar-refractivity contribution in [2.45, 2.75) is 13.5 Å². The van der Waals surface area contributed by atoms with Crippen LogP contribution in [0, 0.1) is 0 Å².